The maximum Gasteiger partial charge on any atom is 0.435 e. The molecule has 1 fully saturated rings. The second kappa shape index (κ2) is 7.46. The normalized spacial score (nSPS) is 20.0. The lowest BCUT2D eigenvalue weighted by Gasteiger charge is -2.34. The van der Waals surface area contributed by atoms with E-state index in [1.54, 1.807) is 7.05 Å². The molecule has 23 heavy (non-hydrogen) atoms. The van der Waals surface area contributed by atoms with Gasteiger partial charge in [-0.25, -0.2) is 0 Å². The van der Waals surface area contributed by atoms with Crippen LogP contribution in [-0.4, -0.2) is 51.8 Å². The molecule has 130 valence electrons. The largest absolute Gasteiger partial charge is 0.435 e. The molecule has 0 saturated carbocycles. The maximum atomic E-state index is 13.0. The van der Waals surface area contributed by atoms with Crippen LogP contribution in [0.25, 0.3) is 0 Å². The molecule has 1 aromatic rings. The minimum atomic E-state index is -4.45. The minimum Gasteiger partial charge on any atom is -0.352 e. The first-order valence-corrected chi connectivity index (χ1v) is 8.57. The van der Waals surface area contributed by atoms with Gasteiger partial charge in [0.25, 0.3) is 0 Å². The van der Waals surface area contributed by atoms with Crippen LogP contribution < -0.4 is 5.32 Å². The van der Waals surface area contributed by atoms with Crippen molar-refractivity contribution in [3.8, 4) is 0 Å². The van der Waals surface area contributed by atoms with E-state index in [4.69, 9.17) is 0 Å². The highest BCUT2D eigenvalue weighted by Crippen LogP contribution is 2.30. The summed E-state index contributed by atoms with van der Waals surface area (Å²) in [5, 5.41) is 7.09. The third-order valence-electron chi connectivity index (χ3n) is 3.72. The topological polar surface area (TPSA) is 45.5 Å². The average molecular weight is 349 g/mol. The van der Waals surface area contributed by atoms with E-state index in [9.17, 15) is 13.2 Å². The minimum absolute atomic E-state index is 0.0514. The van der Waals surface area contributed by atoms with Crippen LogP contribution in [0.1, 0.15) is 24.6 Å². The van der Waals surface area contributed by atoms with E-state index in [0.717, 1.165) is 25.3 Å². The van der Waals surface area contributed by atoms with Gasteiger partial charge in [-0.2, -0.15) is 30.0 Å². The molecule has 1 aliphatic rings. The fraction of sp³-hybridized carbons (Fsp3) is 0.714. The van der Waals surface area contributed by atoms with Gasteiger partial charge in [0.1, 0.15) is 0 Å². The zero-order valence-corrected chi connectivity index (χ0v) is 14.3. The van der Waals surface area contributed by atoms with Crippen molar-refractivity contribution in [3.63, 3.8) is 0 Å². The highest BCUT2D eigenvalue weighted by Gasteiger charge is 2.37. The quantitative estimate of drug-likeness (QED) is 0.672. The van der Waals surface area contributed by atoms with Gasteiger partial charge in [-0.1, -0.05) is 6.92 Å². The zero-order valence-electron chi connectivity index (χ0n) is 13.5. The SMILES string of the molecule is CCC1CN(C(=NC)NCc2cn(C)nc2C(F)(F)F)CCS1. The van der Waals surface area contributed by atoms with Crippen LogP contribution in [-0.2, 0) is 19.8 Å². The molecule has 1 saturated heterocycles. The molecule has 9 heteroatoms. The summed E-state index contributed by atoms with van der Waals surface area (Å²) in [5.74, 6) is 1.64. The number of nitrogens with zero attached hydrogens (tertiary/aromatic N) is 4. The van der Waals surface area contributed by atoms with E-state index in [0.29, 0.717) is 11.2 Å². The van der Waals surface area contributed by atoms with Gasteiger partial charge < -0.3 is 10.2 Å². The Kier molecular flexibility index (Phi) is 5.83. The standard InChI is InChI=1S/C14H22F3N5S/c1-4-11-9-22(5-6-23-11)13(18-2)19-7-10-8-21(3)20-12(10)14(15,16)17/h8,11H,4-7,9H2,1-3H3,(H,18,19). The molecule has 2 heterocycles. The first-order chi connectivity index (χ1) is 10.8. The summed E-state index contributed by atoms with van der Waals surface area (Å²) in [6.45, 7) is 3.90. The molecule has 1 aromatic heterocycles. The van der Waals surface area contributed by atoms with Gasteiger partial charge in [-0.05, 0) is 6.42 Å². The number of halogens is 3. The summed E-state index contributed by atoms with van der Waals surface area (Å²) < 4.78 is 40.1. The molecule has 0 aliphatic carbocycles. The number of hydrogen-bond acceptors (Lipinski definition) is 3. The van der Waals surface area contributed by atoms with E-state index in [1.165, 1.54) is 17.9 Å². The zero-order chi connectivity index (χ0) is 17.0. The smallest absolute Gasteiger partial charge is 0.352 e. The molecule has 1 unspecified atom stereocenters. The molecule has 1 N–H and O–H groups in total. The molecule has 2 rings (SSSR count). The van der Waals surface area contributed by atoms with Gasteiger partial charge in [0.15, 0.2) is 11.7 Å². The average Bonchev–Trinajstić information content (AvgIpc) is 2.89. The van der Waals surface area contributed by atoms with E-state index >= 15 is 0 Å². The van der Waals surface area contributed by atoms with Gasteiger partial charge in [0, 0.05) is 56.5 Å². The van der Waals surface area contributed by atoms with Crippen molar-refractivity contribution in [2.45, 2.75) is 31.3 Å². The van der Waals surface area contributed by atoms with Crippen LogP contribution in [0.5, 0.6) is 0 Å². The predicted octanol–water partition coefficient (Wildman–Crippen LogP) is 2.34. The third-order valence-corrected chi connectivity index (χ3v) is 5.09. The van der Waals surface area contributed by atoms with E-state index in [2.05, 4.69) is 27.2 Å². The summed E-state index contributed by atoms with van der Waals surface area (Å²) in [5.41, 5.74) is -0.719. The number of aryl methyl sites for hydroxylation is 1. The van der Waals surface area contributed by atoms with Crippen molar-refractivity contribution in [2.24, 2.45) is 12.0 Å². The lowest BCUT2D eigenvalue weighted by atomic mass is 10.2. The van der Waals surface area contributed by atoms with Crippen LogP contribution in [0.2, 0.25) is 0 Å². The van der Waals surface area contributed by atoms with Crippen LogP contribution >= 0.6 is 11.8 Å². The fourth-order valence-electron chi connectivity index (χ4n) is 2.57. The molecule has 1 atom stereocenters. The first-order valence-electron chi connectivity index (χ1n) is 7.52. The number of guanidine groups is 1. The third kappa shape index (κ3) is 4.55. The number of rotatable bonds is 3. The molecule has 0 spiro atoms. The fourth-order valence-corrected chi connectivity index (χ4v) is 3.75. The molecule has 0 amide bonds. The molecular formula is C14H22F3N5S. The van der Waals surface area contributed by atoms with E-state index in [-0.39, 0.29) is 12.1 Å². The number of hydrogen-bond donors (Lipinski definition) is 1. The van der Waals surface area contributed by atoms with Crippen molar-refractivity contribution in [3.05, 3.63) is 17.5 Å². The molecule has 0 bridgehead atoms. The van der Waals surface area contributed by atoms with Crippen molar-refractivity contribution in [1.82, 2.24) is 20.0 Å². The van der Waals surface area contributed by atoms with Crippen molar-refractivity contribution < 1.29 is 13.2 Å². The lowest BCUT2D eigenvalue weighted by molar-refractivity contribution is -0.142. The Bertz CT molecular complexity index is 555. The van der Waals surface area contributed by atoms with Crippen molar-refractivity contribution in [1.29, 1.82) is 0 Å². The highest BCUT2D eigenvalue weighted by atomic mass is 32.2. The van der Waals surface area contributed by atoms with Crippen LogP contribution in [0.4, 0.5) is 13.2 Å². The van der Waals surface area contributed by atoms with E-state index < -0.39 is 11.9 Å². The summed E-state index contributed by atoms with van der Waals surface area (Å²) in [6.07, 6.45) is -1.99. The Morgan fingerprint density at radius 3 is 2.87 bits per heavy atom. The van der Waals surface area contributed by atoms with Gasteiger partial charge in [0.2, 0.25) is 0 Å². The Labute approximate surface area is 138 Å². The summed E-state index contributed by atoms with van der Waals surface area (Å²) in [6, 6.07) is 0. The lowest BCUT2D eigenvalue weighted by Crippen LogP contribution is -2.47. The summed E-state index contributed by atoms with van der Waals surface area (Å²) in [7, 11) is 3.14. The summed E-state index contributed by atoms with van der Waals surface area (Å²) >= 11 is 1.93. The van der Waals surface area contributed by atoms with Gasteiger partial charge in [-0.15, -0.1) is 0 Å². The van der Waals surface area contributed by atoms with Crippen LogP contribution in [0, 0.1) is 0 Å². The Balaban J connectivity index is 2.04. The molecule has 1 aliphatic heterocycles. The van der Waals surface area contributed by atoms with Crippen molar-refractivity contribution >= 4 is 17.7 Å². The van der Waals surface area contributed by atoms with Gasteiger partial charge >= 0.3 is 6.18 Å². The summed E-state index contributed by atoms with van der Waals surface area (Å²) in [4.78, 5) is 6.31. The van der Waals surface area contributed by atoms with E-state index in [1.807, 2.05) is 11.8 Å². The monoisotopic (exact) mass is 349 g/mol. The first kappa shape index (κ1) is 18.0. The predicted molar refractivity (Wildman–Crippen MR) is 86.5 cm³/mol. The number of nitrogens with one attached hydrogen (secondary N) is 1. The molecule has 0 radical (unpaired) electrons. The maximum absolute atomic E-state index is 13.0. The Morgan fingerprint density at radius 1 is 1.52 bits per heavy atom. The molecule has 5 nitrogen and oxygen atoms in total. The Hall–Kier alpha value is -1.38. The number of thioether (sulfide) groups is 1. The number of aromatic nitrogens is 2. The van der Waals surface area contributed by atoms with Crippen LogP contribution in [0.3, 0.4) is 0 Å². The molecular weight excluding hydrogens is 327 g/mol. The van der Waals surface area contributed by atoms with Crippen LogP contribution in [0.15, 0.2) is 11.2 Å². The molecule has 0 aromatic carbocycles. The number of alkyl halides is 3. The van der Waals surface area contributed by atoms with Gasteiger partial charge in [-0.3, -0.25) is 9.67 Å². The second-order valence-electron chi connectivity index (χ2n) is 5.42. The van der Waals surface area contributed by atoms with Crippen molar-refractivity contribution in [2.75, 3.05) is 25.9 Å². The van der Waals surface area contributed by atoms with Gasteiger partial charge in [0.05, 0.1) is 0 Å². The number of aliphatic imine (C=N–C) groups is 1. The Morgan fingerprint density at radius 2 is 2.26 bits per heavy atom. The second-order valence-corrected chi connectivity index (χ2v) is 6.83. The highest BCUT2D eigenvalue weighted by molar-refractivity contribution is 8.00.